The van der Waals surface area contributed by atoms with Crippen molar-refractivity contribution in [1.29, 1.82) is 0 Å². The number of carbonyl (C=O) groups excluding carboxylic acids is 1. The number of anilines is 1. The van der Waals surface area contributed by atoms with E-state index in [1.54, 1.807) is 12.3 Å². The van der Waals surface area contributed by atoms with Crippen LogP contribution in [-0.4, -0.2) is 33.0 Å². The number of carbonyl (C=O) groups is 1. The lowest BCUT2D eigenvalue weighted by Gasteiger charge is -2.09. The maximum atomic E-state index is 12.0. The molecular weight excluding hydrogens is 272 g/mol. The Morgan fingerprint density at radius 2 is 2.10 bits per heavy atom. The molecule has 1 amide bonds. The van der Waals surface area contributed by atoms with Gasteiger partial charge in [-0.05, 0) is 18.2 Å². The molecule has 0 aliphatic carbocycles. The van der Waals surface area contributed by atoms with Gasteiger partial charge in [0.15, 0.2) is 0 Å². The number of fused-ring (bicyclic) bond motifs is 1. The smallest absolute Gasteiger partial charge is 0.288 e. The summed E-state index contributed by atoms with van der Waals surface area (Å²) in [6, 6.07) is 5.34. The number of hydrogen-bond donors (Lipinski definition) is 3. The number of rotatable bonds is 4. The highest BCUT2D eigenvalue weighted by Crippen LogP contribution is 2.15. The van der Waals surface area contributed by atoms with E-state index in [1.165, 1.54) is 19.5 Å². The number of nitrogens with one attached hydrogen (secondary N) is 3. The van der Waals surface area contributed by atoms with E-state index >= 15 is 0 Å². The molecule has 0 unspecified atom stereocenters. The van der Waals surface area contributed by atoms with Crippen molar-refractivity contribution in [2.75, 3.05) is 12.5 Å². The zero-order valence-corrected chi connectivity index (χ0v) is 11.1. The Labute approximate surface area is 119 Å². The third-order valence-corrected chi connectivity index (χ3v) is 2.79. The lowest BCUT2D eigenvalue weighted by atomic mass is 10.3. The standard InChI is InChI=1S/C13H12N6O2/c1-21-13-11(15-6-7-16-13)18-19-12(20)9-3-2-8-4-5-14-10(8)17-9/h2-7H,1H3,(H,14,17)(H,15,18)(H,19,20). The van der Waals surface area contributed by atoms with Crippen LogP contribution in [0, 0.1) is 0 Å². The summed E-state index contributed by atoms with van der Waals surface area (Å²) in [7, 11) is 1.47. The molecule has 0 aliphatic rings. The van der Waals surface area contributed by atoms with E-state index < -0.39 is 0 Å². The van der Waals surface area contributed by atoms with Crippen molar-refractivity contribution >= 4 is 22.8 Å². The van der Waals surface area contributed by atoms with Crippen LogP contribution in [0.5, 0.6) is 5.88 Å². The van der Waals surface area contributed by atoms with Gasteiger partial charge in [0.2, 0.25) is 5.82 Å². The second-order valence-corrected chi connectivity index (χ2v) is 4.11. The topological polar surface area (TPSA) is 105 Å². The number of nitrogens with zero attached hydrogens (tertiary/aromatic N) is 3. The van der Waals surface area contributed by atoms with Gasteiger partial charge in [0.05, 0.1) is 7.11 Å². The van der Waals surface area contributed by atoms with E-state index in [0.29, 0.717) is 11.5 Å². The van der Waals surface area contributed by atoms with Gasteiger partial charge in [0.1, 0.15) is 11.3 Å². The van der Waals surface area contributed by atoms with Crippen molar-refractivity contribution in [2.24, 2.45) is 0 Å². The molecule has 0 saturated heterocycles. The molecule has 0 atom stereocenters. The molecule has 106 valence electrons. The molecule has 0 saturated carbocycles. The fraction of sp³-hybridized carbons (Fsp3) is 0.0769. The predicted octanol–water partition coefficient (Wildman–Crippen LogP) is 1.12. The van der Waals surface area contributed by atoms with E-state index in [2.05, 4.69) is 30.8 Å². The second kappa shape index (κ2) is 5.45. The average molecular weight is 284 g/mol. The number of pyridine rings is 1. The summed E-state index contributed by atoms with van der Waals surface area (Å²) >= 11 is 0. The first-order valence-corrected chi connectivity index (χ1v) is 6.13. The van der Waals surface area contributed by atoms with E-state index in [4.69, 9.17) is 4.74 Å². The summed E-state index contributed by atoms with van der Waals surface area (Å²) in [6.45, 7) is 0. The van der Waals surface area contributed by atoms with Crippen LogP contribution >= 0.6 is 0 Å². The molecule has 8 heteroatoms. The van der Waals surface area contributed by atoms with Gasteiger partial charge in [0.25, 0.3) is 11.8 Å². The third kappa shape index (κ3) is 2.59. The number of H-pyrrole nitrogens is 1. The zero-order chi connectivity index (χ0) is 14.7. The number of aromatic nitrogens is 4. The van der Waals surface area contributed by atoms with Crippen LogP contribution in [0.25, 0.3) is 11.0 Å². The van der Waals surface area contributed by atoms with Gasteiger partial charge in [-0.15, -0.1) is 0 Å². The summed E-state index contributed by atoms with van der Waals surface area (Å²) in [5, 5.41) is 0.940. The van der Waals surface area contributed by atoms with Gasteiger partial charge in [-0.3, -0.25) is 15.6 Å². The van der Waals surface area contributed by atoms with Gasteiger partial charge >= 0.3 is 0 Å². The Bertz CT molecular complexity index is 785. The Kier molecular flexibility index (Phi) is 3.34. The molecule has 3 aromatic heterocycles. The Balaban J connectivity index is 1.74. The summed E-state index contributed by atoms with van der Waals surface area (Å²) in [5.74, 6) is 0.207. The van der Waals surface area contributed by atoms with Crippen molar-refractivity contribution in [3.63, 3.8) is 0 Å². The van der Waals surface area contributed by atoms with Crippen LogP contribution in [0.4, 0.5) is 5.82 Å². The normalized spacial score (nSPS) is 10.3. The molecule has 0 radical (unpaired) electrons. The molecule has 3 N–H and O–H groups in total. The molecule has 3 aromatic rings. The van der Waals surface area contributed by atoms with Crippen LogP contribution in [0.2, 0.25) is 0 Å². The molecule has 0 spiro atoms. The zero-order valence-electron chi connectivity index (χ0n) is 11.1. The first-order valence-electron chi connectivity index (χ1n) is 6.13. The Morgan fingerprint density at radius 1 is 1.24 bits per heavy atom. The number of amides is 1. The second-order valence-electron chi connectivity index (χ2n) is 4.11. The van der Waals surface area contributed by atoms with Gasteiger partial charge in [-0.1, -0.05) is 0 Å². The lowest BCUT2D eigenvalue weighted by Crippen LogP contribution is -2.30. The highest BCUT2D eigenvalue weighted by molar-refractivity contribution is 5.95. The van der Waals surface area contributed by atoms with E-state index in [0.717, 1.165) is 5.39 Å². The largest absolute Gasteiger partial charge is 0.478 e. The molecule has 3 heterocycles. The molecule has 21 heavy (non-hydrogen) atoms. The molecule has 0 bridgehead atoms. The van der Waals surface area contributed by atoms with Crippen LogP contribution in [-0.2, 0) is 0 Å². The van der Waals surface area contributed by atoms with E-state index in [1.807, 2.05) is 12.1 Å². The minimum absolute atomic E-state index is 0.278. The van der Waals surface area contributed by atoms with Crippen molar-refractivity contribution in [1.82, 2.24) is 25.4 Å². The Hall–Kier alpha value is -3.16. The quantitative estimate of drug-likeness (QED) is 0.620. The predicted molar refractivity (Wildman–Crippen MR) is 75.8 cm³/mol. The lowest BCUT2D eigenvalue weighted by molar-refractivity contribution is 0.0958. The number of hydrazine groups is 1. The maximum Gasteiger partial charge on any atom is 0.288 e. The summed E-state index contributed by atoms with van der Waals surface area (Å²) in [6.07, 6.45) is 4.74. The summed E-state index contributed by atoms with van der Waals surface area (Å²) in [5.41, 5.74) is 6.09. The van der Waals surface area contributed by atoms with Crippen molar-refractivity contribution in [3.05, 3.63) is 42.5 Å². The molecule has 3 rings (SSSR count). The molecular formula is C13H12N6O2. The minimum atomic E-state index is -0.390. The molecule has 0 aliphatic heterocycles. The SMILES string of the molecule is COc1nccnc1NNC(=O)c1ccc2cc[nH]c2n1. The van der Waals surface area contributed by atoms with Crippen LogP contribution < -0.4 is 15.6 Å². The maximum absolute atomic E-state index is 12.0. The number of ether oxygens (including phenoxy) is 1. The summed E-state index contributed by atoms with van der Waals surface area (Å²) < 4.78 is 5.02. The van der Waals surface area contributed by atoms with Gasteiger partial charge in [-0.25, -0.2) is 15.0 Å². The molecule has 8 nitrogen and oxygen atoms in total. The first kappa shape index (κ1) is 12.9. The van der Waals surface area contributed by atoms with Crippen molar-refractivity contribution < 1.29 is 9.53 Å². The summed E-state index contributed by atoms with van der Waals surface area (Å²) in [4.78, 5) is 27.2. The minimum Gasteiger partial charge on any atom is -0.478 e. The average Bonchev–Trinajstić information content (AvgIpc) is 3.00. The highest BCUT2D eigenvalue weighted by atomic mass is 16.5. The molecule has 0 fully saturated rings. The van der Waals surface area contributed by atoms with E-state index in [-0.39, 0.29) is 17.5 Å². The van der Waals surface area contributed by atoms with Gasteiger partial charge in [0, 0.05) is 24.0 Å². The Morgan fingerprint density at radius 3 is 2.95 bits per heavy atom. The van der Waals surface area contributed by atoms with Crippen molar-refractivity contribution in [2.45, 2.75) is 0 Å². The number of hydrogen-bond acceptors (Lipinski definition) is 6. The van der Waals surface area contributed by atoms with Crippen molar-refractivity contribution in [3.8, 4) is 5.88 Å². The molecule has 0 aromatic carbocycles. The monoisotopic (exact) mass is 284 g/mol. The first-order chi connectivity index (χ1) is 10.3. The van der Waals surface area contributed by atoms with Crippen LogP contribution in [0.1, 0.15) is 10.5 Å². The van der Waals surface area contributed by atoms with Gasteiger partial charge in [-0.2, -0.15) is 0 Å². The number of methoxy groups -OCH3 is 1. The fourth-order valence-corrected chi connectivity index (χ4v) is 1.80. The highest BCUT2D eigenvalue weighted by Gasteiger charge is 2.10. The van der Waals surface area contributed by atoms with Crippen LogP contribution in [0.3, 0.4) is 0 Å². The number of aromatic amines is 1. The van der Waals surface area contributed by atoms with Crippen LogP contribution in [0.15, 0.2) is 36.8 Å². The van der Waals surface area contributed by atoms with E-state index in [9.17, 15) is 4.79 Å². The fourth-order valence-electron chi connectivity index (χ4n) is 1.80. The van der Waals surface area contributed by atoms with Gasteiger partial charge < -0.3 is 9.72 Å². The third-order valence-electron chi connectivity index (χ3n) is 2.79.